The fourth-order valence-electron chi connectivity index (χ4n) is 3.79. The number of amides is 1. The number of Topliss-reactive ketones (excluding diaryl/α,β-unsaturated/α-hetero) is 1. The maximum Gasteiger partial charge on any atom is 0.223 e. The van der Waals surface area contributed by atoms with E-state index in [1.807, 2.05) is 11.8 Å². The van der Waals surface area contributed by atoms with Gasteiger partial charge in [0.15, 0.2) is 5.78 Å². The summed E-state index contributed by atoms with van der Waals surface area (Å²) in [6.07, 6.45) is 3.78. The summed E-state index contributed by atoms with van der Waals surface area (Å²) in [5.41, 5.74) is 0.645. The Hall–Kier alpha value is -1.88. The molecule has 2 fully saturated rings. The van der Waals surface area contributed by atoms with Crippen molar-refractivity contribution in [3.63, 3.8) is 0 Å². The van der Waals surface area contributed by atoms with E-state index in [0.717, 1.165) is 38.1 Å². The number of ketones is 1. The smallest absolute Gasteiger partial charge is 0.223 e. The lowest BCUT2D eigenvalue weighted by atomic mass is 10.1. The molecule has 2 unspecified atom stereocenters. The van der Waals surface area contributed by atoms with E-state index in [1.165, 1.54) is 0 Å². The van der Waals surface area contributed by atoms with Gasteiger partial charge in [-0.2, -0.15) is 0 Å². The number of nitrogens with one attached hydrogen (secondary N) is 1. The van der Waals surface area contributed by atoms with Gasteiger partial charge in [0.2, 0.25) is 5.91 Å². The zero-order valence-corrected chi connectivity index (χ0v) is 14.3. The lowest BCUT2D eigenvalue weighted by Crippen LogP contribution is -2.42. The Balaban J connectivity index is 1.54. The number of fused-ring (bicyclic) bond motifs is 2. The van der Waals surface area contributed by atoms with E-state index < -0.39 is 0 Å². The number of hydrogen-bond acceptors (Lipinski definition) is 4. The van der Waals surface area contributed by atoms with Crippen LogP contribution in [-0.2, 0) is 4.79 Å². The van der Waals surface area contributed by atoms with Crippen LogP contribution in [0, 0.1) is 0 Å². The van der Waals surface area contributed by atoms with Gasteiger partial charge in [-0.3, -0.25) is 9.59 Å². The Bertz CT molecular complexity index is 571. The summed E-state index contributed by atoms with van der Waals surface area (Å²) in [5.74, 6) is 0.913. The number of carbonyl (C=O) groups is 2. The molecule has 2 heterocycles. The number of nitrogens with zero attached hydrogens (tertiary/aromatic N) is 1. The van der Waals surface area contributed by atoms with Gasteiger partial charge < -0.3 is 15.0 Å². The standard InChI is InChI=1S/C19H26N2O3/c1-2-24-17-7-3-14(4-8-17)18(22)9-10-19(23)21-15-5-6-16(21)13-20-12-11-15/h3-4,7-8,15-16,20H,2,5-6,9-13H2,1H3. The summed E-state index contributed by atoms with van der Waals surface area (Å²) in [4.78, 5) is 27.0. The second-order valence-corrected chi connectivity index (χ2v) is 6.56. The van der Waals surface area contributed by atoms with Crippen molar-refractivity contribution in [3.05, 3.63) is 29.8 Å². The van der Waals surface area contributed by atoms with Crippen molar-refractivity contribution in [2.45, 2.75) is 51.1 Å². The first kappa shape index (κ1) is 17.0. The molecule has 1 aromatic carbocycles. The Kier molecular flexibility index (Phi) is 5.51. The van der Waals surface area contributed by atoms with Gasteiger partial charge in [-0.1, -0.05) is 0 Å². The van der Waals surface area contributed by atoms with Crippen LogP contribution < -0.4 is 10.1 Å². The number of benzene rings is 1. The third kappa shape index (κ3) is 3.78. The van der Waals surface area contributed by atoms with Crippen molar-refractivity contribution in [1.29, 1.82) is 0 Å². The third-order valence-corrected chi connectivity index (χ3v) is 5.00. The molecule has 2 aliphatic heterocycles. The topological polar surface area (TPSA) is 58.6 Å². The molecule has 5 heteroatoms. The average molecular weight is 330 g/mol. The highest BCUT2D eigenvalue weighted by molar-refractivity contribution is 5.98. The van der Waals surface area contributed by atoms with Crippen molar-refractivity contribution in [2.75, 3.05) is 19.7 Å². The van der Waals surface area contributed by atoms with Crippen LogP contribution in [0.15, 0.2) is 24.3 Å². The first-order valence-electron chi connectivity index (χ1n) is 8.97. The van der Waals surface area contributed by atoms with Gasteiger partial charge in [0.1, 0.15) is 5.75 Å². The largest absolute Gasteiger partial charge is 0.494 e. The van der Waals surface area contributed by atoms with E-state index in [4.69, 9.17) is 4.74 Å². The first-order chi connectivity index (χ1) is 11.7. The molecule has 2 aliphatic rings. The zero-order chi connectivity index (χ0) is 16.9. The van der Waals surface area contributed by atoms with E-state index in [0.29, 0.717) is 30.7 Å². The van der Waals surface area contributed by atoms with Crippen molar-refractivity contribution in [3.8, 4) is 5.75 Å². The minimum atomic E-state index is 0.0201. The summed E-state index contributed by atoms with van der Waals surface area (Å²) >= 11 is 0. The highest BCUT2D eigenvalue weighted by Gasteiger charge is 2.37. The van der Waals surface area contributed by atoms with Crippen LogP contribution in [0.4, 0.5) is 0 Å². The van der Waals surface area contributed by atoms with Crippen molar-refractivity contribution >= 4 is 11.7 Å². The number of rotatable bonds is 6. The van der Waals surface area contributed by atoms with Gasteiger partial charge in [-0.15, -0.1) is 0 Å². The third-order valence-electron chi connectivity index (χ3n) is 5.00. The summed E-state index contributed by atoms with van der Waals surface area (Å²) in [7, 11) is 0. The van der Waals surface area contributed by atoms with Crippen LogP contribution in [0.25, 0.3) is 0 Å². The molecule has 2 atom stereocenters. The predicted octanol–water partition coefficient (Wildman–Crippen LogP) is 2.40. The number of carbonyl (C=O) groups excluding carboxylic acids is 2. The summed E-state index contributed by atoms with van der Waals surface area (Å²) in [5, 5.41) is 3.40. The average Bonchev–Trinajstić information content (AvgIpc) is 2.86. The molecular weight excluding hydrogens is 304 g/mol. The molecule has 1 aromatic rings. The molecule has 0 aromatic heterocycles. The van der Waals surface area contributed by atoms with E-state index in [1.54, 1.807) is 24.3 Å². The molecule has 24 heavy (non-hydrogen) atoms. The van der Waals surface area contributed by atoms with Gasteiger partial charge in [0.25, 0.3) is 0 Å². The van der Waals surface area contributed by atoms with Crippen LogP contribution in [0.3, 0.4) is 0 Å². The number of ether oxygens (including phenoxy) is 1. The lowest BCUT2D eigenvalue weighted by molar-refractivity contribution is -0.133. The van der Waals surface area contributed by atoms with Crippen molar-refractivity contribution in [2.24, 2.45) is 0 Å². The van der Waals surface area contributed by atoms with Gasteiger partial charge in [-0.25, -0.2) is 0 Å². The molecule has 1 amide bonds. The maximum atomic E-state index is 12.6. The molecule has 0 spiro atoms. The predicted molar refractivity (Wildman–Crippen MR) is 92.3 cm³/mol. The summed E-state index contributed by atoms with van der Waals surface area (Å²) < 4.78 is 5.38. The fourth-order valence-corrected chi connectivity index (χ4v) is 3.79. The molecule has 130 valence electrons. The van der Waals surface area contributed by atoms with Crippen LogP contribution >= 0.6 is 0 Å². The quantitative estimate of drug-likeness (QED) is 0.814. The van der Waals surface area contributed by atoms with Gasteiger partial charge in [0, 0.05) is 37.0 Å². The second-order valence-electron chi connectivity index (χ2n) is 6.56. The summed E-state index contributed by atoms with van der Waals surface area (Å²) in [6.45, 7) is 4.40. The van der Waals surface area contributed by atoms with E-state index in [9.17, 15) is 9.59 Å². The Labute approximate surface area is 143 Å². The minimum absolute atomic E-state index is 0.0201. The second kappa shape index (κ2) is 7.79. The molecular formula is C19H26N2O3. The van der Waals surface area contributed by atoms with E-state index >= 15 is 0 Å². The molecule has 1 N–H and O–H groups in total. The Morgan fingerprint density at radius 3 is 2.62 bits per heavy atom. The fraction of sp³-hybridized carbons (Fsp3) is 0.579. The van der Waals surface area contributed by atoms with Crippen molar-refractivity contribution < 1.29 is 14.3 Å². The minimum Gasteiger partial charge on any atom is -0.494 e. The lowest BCUT2D eigenvalue weighted by Gasteiger charge is -2.27. The van der Waals surface area contributed by atoms with Crippen LogP contribution in [0.2, 0.25) is 0 Å². The SMILES string of the molecule is CCOc1ccc(C(=O)CCC(=O)N2C3CCNCC2CC3)cc1. The molecule has 5 nitrogen and oxygen atoms in total. The monoisotopic (exact) mass is 330 g/mol. The molecule has 0 aliphatic carbocycles. The Morgan fingerprint density at radius 2 is 1.88 bits per heavy atom. The highest BCUT2D eigenvalue weighted by Crippen LogP contribution is 2.28. The van der Waals surface area contributed by atoms with Crippen LogP contribution in [-0.4, -0.2) is 48.4 Å². The van der Waals surface area contributed by atoms with Crippen LogP contribution in [0.5, 0.6) is 5.75 Å². The van der Waals surface area contributed by atoms with E-state index in [2.05, 4.69) is 5.32 Å². The van der Waals surface area contributed by atoms with Crippen LogP contribution in [0.1, 0.15) is 49.4 Å². The summed E-state index contributed by atoms with van der Waals surface area (Å²) in [6, 6.07) is 7.83. The van der Waals surface area contributed by atoms with Gasteiger partial charge in [0.05, 0.1) is 6.61 Å². The van der Waals surface area contributed by atoms with E-state index in [-0.39, 0.29) is 18.1 Å². The van der Waals surface area contributed by atoms with Crippen molar-refractivity contribution in [1.82, 2.24) is 10.2 Å². The first-order valence-corrected chi connectivity index (χ1v) is 8.97. The molecule has 2 bridgehead atoms. The molecule has 0 radical (unpaired) electrons. The maximum absolute atomic E-state index is 12.6. The highest BCUT2D eigenvalue weighted by atomic mass is 16.5. The Morgan fingerprint density at radius 1 is 1.12 bits per heavy atom. The van der Waals surface area contributed by atoms with Gasteiger partial charge in [-0.05, 0) is 57.0 Å². The number of hydrogen-bond donors (Lipinski definition) is 1. The van der Waals surface area contributed by atoms with Gasteiger partial charge >= 0.3 is 0 Å². The molecule has 0 saturated carbocycles. The zero-order valence-electron chi connectivity index (χ0n) is 14.3. The molecule has 3 rings (SSSR count). The molecule has 2 saturated heterocycles. The normalized spacial score (nSPS) is 23.0.